The number of hydrogen-bond donors (Lipinski definition) is 2. The third-order valence-electron chi connectivity index (χ3n) is 4.86. The van der Waals surface area contributed by atoms with Gasteiger partial charge in [-0.05, 0) is 38.4 Å². The zero-order valence-corrected chi connectivity index (χ0v) is 16.8. The number of nitrogens with zero attached hydrogens (tertiary/aromatic N) is 3. The van der Waals surface area contributed by atoms with Crippen molar-refractivity contribution in [3.8, 4) is 0 Å². The lowest BCUT2D eigenvalue weighted by atomic mass is 10.0. The van der Waals surface area contributed by atoms with E-state index in [0.717, 1.165) is 38.4 Å². The van der Waals surface area contributed by atoms with E-state index in [1.54, 1.807) is 7.05 Å². The molecule has 2 rings (SSSR count). The number of halogens is 3. The lowest BCUT2D eigenvalue weighted by Gasteiger charge is -2.33. The molecule has 0 atom stereocenters. The smallest absolute Gasteiger partial charge is 0.356 e. The highest BCUT2D eigenvalue weighted by molar-refractivity contribution is 5.79. The monoisotopic (exact) mass is 399 g/mol. The maximum Gasteiger partial charge on any atom is 0.401 e. The predicted octanol–water partition coefficient (Wildman–Crippen LogP) is 2.70. The molecule has 1 aliphatic heterocycles. The van der Waals surface area contributed by atoms with Gasteiger partial charge in [-0.1, -0.05) is 30.3 Å². The Bertz CT molecular complexity index is 583. The molecule has 1 aromatic carbocycles. The Balaban J connectivity index is 1.62. The Labute approximate surface area is 166 Å². The number of hydrogen-bond acceptors (Lipinski definition) is 3. The van der Waals surface area contributed by atoms with Crippen molar-refractivity contribution < 1.29 is 13.2 Å². The van der Waals surface area contributed by atoms with Crippen LogP contribution in [0.15, 0.2) is 35.3 Å². The lowest BCUT2D eigenvalue weighted by molar-refractivity contribution is -0.143. The maximum atomic E-state index is 12.3. The highest BCUT2D eigenvalue weighted by atomic mass is 19.4. The molecule has 0 radical (unpaired) electrons. The van der Waals surface area contributed by atoms with Crippen LogP contribution in [0.4, 0.5) is 13.2 Å². The number of guanidine groups is 1. The minimum Gasteiger partial charge on any atom is -0.356 e. The molecule has 0 unspecified atom stereocenters. The Morgan fingerprint density at radius 3 is 2.50 bits per heavy atom. The Kier molecular flexibility index (Phi) is 9.05. The molecule has 1 aliphatic rings. The molecule has 5 nitrogen and oxygen atoms in total. The second-order valence-corrected chi connectivity index (χ2v) is 7.39. The second-order valence-electron chi connectivity index (χ2n) is 7.39. The summed E-state index contributed by atoms with van der Waals surface area (Å²) in [5.41, 5.74) is 1.34. The highest BCUT2D eigenvalue weighted by Crippen LogP contribution is 2.15. The van der Waals surface area contributed by atoms with E-state index in [1.807, 2.05) is 6.07 Å². The summed E-state index contributed by atoms with van der Waals surface area (Å²) < 4.78 is 37.0. The molecule has 1 heterocycles. The van der Waals surface area contributed by atoms with Crippen LogP contribution < -0.4 is 10.6 Å². The molecular weight excluding hydrogens is 367 g/mol. The topological polar surface area (TPSA) is 42.9 Å². The van der Waals surface area contributed by atoms with E-state index in [9.17, 15) is 13.2 Å². The van der Waals surface area contributed by atoms with E-state index in [0.29, 0.717) is 25.6 Å². The van der Waals surface area contributed by atoms with Gasteiger partial charge in [0.1, 0.15) is 0 Å². The first-order chi connectivity index (χ1) is 13.4. The summed E-state index contributed by atoms with van der Waals surface area (Å²) in [6, 6.07) is 10.9. The van der Waals surface area contributed by atoms with Gasteiger partial charge in [-0.3, -0.25) is 14.8 Å². The van der Waals surface area contributed by atoms with Gasteiger partial charge in [-0.2, -0.15) is 13.2 Å². The SMILES string of the molecule is CN=C(NCCCN(C)CC(F)(F)F)NC1CCN(Cc2ccccc2)CC1. The van der Waals surface area contributed by atoms with Crippen LogP contribution in [0.3, 0.4) is 0 Å². The van der Waals surface area contributed by atoms with Crippen molar-refractivity contribution in [2.45, 2.75) is 38.0 Å². The number of likely N-dealkylation sites (tertiary alicyclic amines) is 1. The summed E-state index contributed by atoms with van der Waals surface area (Å²) in [6.07, 6.45) is -1.43. The number of benzene rings is 1. The maximum absolute atomic E-state index is 12.3. The molecule has 1 saturated heterocycles. The molecular formula is C20H32F3N5. The van der Waals surface area contributed by atoms with Crippen LogP contribution in [0.2, 0.25) is 0 Å². The molecule has 0 amide bonds. The molecule has 1 aromatic rings. The van der Waals surface area contributed by atoms with Gasteiger partial charge in [0.2, 0.25) is 0 Å². The van der Waals surface area contributed by atoms with Gasteiger partial charge in [0, 0.05) is 39.3 Å². The predicted molar refractivity (Wildman–Crippen MR) is 107 cm³/mol. The molecule has 1 fully saturated rings. The number of alkyl halides is 3. The molecule has 0 aromatic heterocycles. The number of nitrogens with one attached hydrogen (secondary N) is 2. The van der Waals surface area contributed by atoms with Crippen molar-refractivity contribution in [1.82, 2.24) is 20.4 Å². The van der Waals surface area contributed by atoms with Gasteiger partial charge in [-0.15, -0.1) is 0 Å². The van der Waals surface area contributed by atoms with Gasteiger partial charge in [-0.25, -0.2) is 0 Å². The van der Waals surface area contributed by atoms with Crippen LogP contribution in [0.5, 0.6) is 0 Å². The van der Waals surface area contributed by atoms with Crippen LogP contribution in [0, 0.1) is 0 Å². The van der Waals surface area contributed by atoms with E-state index in [4.69, 9.17) is 0 Å². The van der Waals surface area contributed by atoms with Crippen molar-refractivity contribution in [2.75, 3.05) is 46.8 Å². The Morgan fingerprint density at radius 2 is 1.89 bits per heavy atom. The number of rotatable bonds is 8. The molecule has 0 bridgehead atoms. The third kappa shape index (κ3) is 8.93. The van der Waals surface area contributed by atoms with Crippen molar-refractivity contribution in [2.24, 2.45) is 4.99 Å². The zero-order chi connectivity index (χ0) is 20.4. The summed E-state index contributed by atoms with van der Waals surface area (Å²) in [7, 11) is 3.21. The average molecular weight is 400 g/mol. The summed E-state index contributed by atoms with van der Waals surface area (Å²) in [5, 5.41) is 6.64. The van der Waals surface area contributed by atoms with Crippen LogP contribution in [0.25, 0.3) is 0 Å². The number of piperidine rings is 1. The lowest BCUT2D eigenvalue weighted by Crippen LogP contribution is -2.48. The second kappa shape index (κ2) is 11.3. The van der Waals surface area contributed by atoms with Gasteiger partial charge in [0.15, 0.2) is 5.96 Å². The summed E-state index contributed by atoms with van der Waals surface area (Å²) in [4.78, 5) is 7.98. The quantitative estimate of drug-likeness (QED) is 0.401. The van der Waals surface area contributed by atoms with Crippen molar-refractivity contribution in [3.05, 3.63) is 35.9 Å². The average Bonchev–Trinajstić information content (AvgIpc) is 2.65. The van der Waals surface area contributed by atoms with Gasteiger partial charge >= 0.3 is 6.18 Å². The Morgan fingerprint density at radius 1 is 1.21 bits per heavy atom. The first-order valence-electron chi connectivity index (χ1n) is 9.84. The van der Waals surface area contributed by atoms with Gasteiger partial charge in [0.05, 0.1) is 6.54 Å². The van der Waals surface area contributed by atoms with Crippen LogP contribution in [-0.4, -0.2) is 74.8 Å². The van der Waals surface area contributed by atoms with Gasteiger partial charge < -0.3 is 10.6 Å². The fourth-order valence-corrected chi connectivity index (χ4v) is 3.41. The largest absolute Gasteiger partial charge is 0.401 e. The molecule has 8 heteroatoms. The molecule has 28 heavy (non-hydrogen) atoms. The van der Waals surface area contributed by atoms with E-state index < -0.39 is 12.7 Å². The van der Waals surface area contributed by atoms with Crippen molar-refractivity contribution >= 4 is 5.96 Å². The summed E-state index contributed by atoms with van der Waals surface area (Å²) >= 11 is 0. The van der Waals surface area contributed by atoms with Crippen LogP contribution in [-0.2, 0) is 6.54 Å². The molecule has 158 valence electrons. The van der Waals surface area contributed by atoms with E-state index in [1.165, 1.54) is 17.5 Å². The van der Waals surface area contributed by atoms with Crippen LogP contribution in [0.1, 0.15) is 24.8 Å². The third-order valence-corrected chi connectivity index (χ3v) is 4.86. The zero-order valence-electron chi connectivity index (χ0n) is 16.8. The standard InChI is InChI=1S/C20H32F3N5/c1-24-19(25-11-6-12-27(2)16-20(21,22)23)26-18-9-13-28(14-10-18)15-17-7-4-3-5-8-17/h3-5,7-8,18H,6,9-16H2,1-2H3,(H2,24,25,26). The molecule has 2 N–H and O–H groups in total. The molecule has 0 saturated carbocycles. The van der Waals surface area contributed by atoms with Crippen molar-refractivity contribution in [3.63, 3.8) is 0 Å². The fraction of sp³-hybridized carbons (Fsp3) is 0.650. The van der Waals surface area contributed by atoms with Gasteiger partial charge in [0.25, 0.3) is 0 Å². The highest BCUT2D eigenvalue weighted by Gasteiger charge is 2.28. The summed E-state index contributed by atoms with van der Waals surface area (Å²) in [5.74, 6) is 0.722. The van der Waals surface area contributed by atoms with Crippen molar-refractivity contribution in [1.29, 1.82) is 0 Å². The fourth-order valence-electron chi connectivity index (χ4n) is 3.41. The van der Waals surface area contributed by atoms with Crippen LogP contribution >= 0.6 is 0 Å². The van der Waals surface area contributed by atoms with E-state index in [2.05, 4.69) is 44.8 Å². The first kappa shape index (κ1) is 22.5. The molecule has 0 aliphatic carbocycles. The Hall–Kier alpha value is -1.80. The molecule has 0 spiro atoms. The first-order valence-corrected chi connectivity index (χ1v) is 9.84. The minimum atomic E-state index is -4.14. The van der Waals surface area contributed by atoms with E-state index >= 15 is 0 Å². The minimum absolute atomic E-state index is 0.367. The normalized spacial score (nSPS) is 17.1. The number of aliphatic imine (C=N–C) groups is 1. The van der Waals surface area contributed by atoms with E-state index in [-0.39, 0.29) is 0 Å². The summed E-state index contributed by atoms with van der Waals surface area (Å²) in [6.45, 7) is 3.15.